The molecule has 3 rings (SSSR count). The fourth-order valence-corrected chi connectivity index (χ4v) is 2.11. The molecule has 2 N–H and O–H groups in total. The summed E-state index contributed by atoms with van der Waals surface area (Å²) in [5.41, 5.74) is 2.86. The van der Waals surface area contributed by atoms with Crippen LogP contribution in [0.5, 0.6) is 5.75 Å². The minimum absolute atomic E-state index is 0.339. The first kappa shape index (κ1) is 13.9. The highest BCUT2D eigenvalue weighted by Crippen LogP contribution is 2.18. The molecule has 0 saturated carbocycles. The van der Waals surface area contributed by atoms with Crippen LogP contribution in [0.15, 0.2) is 48.5 Å². The van der Waals surface area contributed by atoms with E-state index in [-0.39, 0.29) is 6.61 Å². The summed E-state index contributed by atoms with van der Waals surface area (Å²) >= 11 is 0. The normalized spacial score (nSPS) is 11.1. The summed E-state index contributed by atoms with van der Waals surface area (Å²) in [6, 6.07) is 15.1. The number of carbonyl (C=O) groups is 1. The van der Waals surface area contributed by atoms with Gasteiger partial charge in [0.05, 0.1) is 11.2 Å². The molecule has 5 heteroatoms. The minimum atomic E-state index is -0.991. The Bertz CT molecular complexity index is 819. The molecule has 0 aliphatic carbocycles. The van der Waals surface area contributed by atoms with E-state index in [9.17, 15) is 4.79 Å². The number of fused-ring (bicyclic) bond motifs is 1. The zero-order valence-corrected chi connectivity index (χ0v) is 11.7. The number of benzene rings is 2. The Morgan fingerprint density at radius 3 is 2.68 bits per heavy atom. The number of hydrogen-bond donors (Lipinski definition) is 2. The van der Waals surface area contributed by atoms with Crippen LogP contribution in [0.1, 0.15) is 11.3 Å². The molecule has 0 bridgehead atoms. The molecule has 1 aromatic heterocycles. The molecule has 0 fully saturated rings. The molecule has 1 heterocycles. The van der Waals surface area contributed by atoms with Crippen molar-refractivity contribution in [1.29, 1.82) is 0 Å². The fraction of sp³-hybridized carbons (Fsp3) is 0.0588. The standard InChI is InChI=1S/C17H14N2O3/c20-17(21)11-22-13-8-5-12(6-9-13)7-10-16-14-3-1-2-4-15(14)18-19-16/h1-10H,11H2,(H,18,19)(H,20,21). The van der Waals surface area contributed by atoms with E-state index in [2.05, 4.69) is 10.2 Å². The first-order valence-corrected chi connectivity index (χ1v) is 6.78. The Morgan fingerprint density at radius 2 is 1.91 bits per heavy atom. The van der Waals surface area contributed by atoms with Crippen molar-refractivity contribution in [1.82, 2.24) is 10.2 Å². The first-order chi connectivity index (χ1) is 10.7. The van der Waals surface area contributed by atoms with Gasteiger partial charge in [-0.2, -0.15) is 5.10 Å². The predicted molar refractivity (Wildman–Crippen MR) is 84.6 cm³/mol. The number of hydrogen-bond acceptors (Lipinski definition) is 3. The quantitative estimate of drug-likeness (QED) is 0.757. The molecule has 5 nitrogen and oxygen atoms in total. The van der Waals surface area contributed by atoms with Gasteiger partial charge in [0.1, 0.15) is 5.75 Å². The average molecular weight is 294 g/mol. The van der Waals surface area contributed by atoms with Crippen molar-refractivity contribution in [3.8, 4) is 5.75 Å². The molecule has 22 heavy (non-hydrogen) atoms. The number of para-hydroxylation sites is 1. The first-order valence-electron chi connectivity index (χ1n) is 6.78. The van der Waals surface area contributed by atoms with Crippen LogP contribution in [0.3, 0.4) is 0 Å². The van der Waals surface area contributed by atoms with Gasteiger partial charge < -0.3 is 9.84 Å². The van der Waals surface area contributed by atoms with E-state index < -0.39 is 5.97 Å². The lowest BCUT2D eigenvalue weighted by Crippen LogP contribution is -2.09. The number of aromatic nitrogens is 2. The maximum atomic E-state index is 10.4. The van der Waals surface area contributed by atoms with Gasteiger partial charge in [-0.05, 0) is 29.8 Å². The zero-order valence-electron chi connectivity index (χ0n) is 11.7. The van der Waals surface area contributed by atoms with Crippen molar-refractivity contribution in [2.75, 3.05) is 6.61 Å². The Labute approximate surface area is 126 Å². The molecule has 0 saturated heterocycles. The Morgan fingerprint density at radius 1 is 1.14 bits per heavy atom. The summed E-state index contributed by atoms with van der Waals surface area (Å²) in [6.07, 6.45) is 3.88. The van der Waals surface area contributed by atoms with Gasteiger partial charge in [-0.3, -0.25) is 5.10 Å². The van der Waals surface area contributed by atoms with E-state index in [0.717, 1.165) is 22.2 Å². The van der Waals surface area contributed by atoms with Gasteiger partial charge in [0.15, 0.2) is 6.61 Å². The highest BCUT2D eigenvalue weighted by Gasteiger charge is 2.01. The summed E-state index contributed by atoms with van der Waals surface area (Å²) in [5, 5.41) is 16.9. The van der Waals surface area contributed by atoms with Gasteiger partial charge in [-0.15, -0.1) is 0 Å². The van der Waals surface area contributed by atoms with Crippen LogP contribution in [0, 0.1) is 0 Å². The van der Waals surface area contributed by atoms with Gasteiger partial charge in [0, 0.05) is 5.39 Å². The second kappa shape index (κ2) is 6.13. The molecular formula is C17H14N2O3. The van der Waals surface area contributed by atoms with E-state index in [1.807, 2.05) is 48.6 Å². The monoisotopic (exact) mass is 294 g/mol. The molecule has 0 unspecified atom stereocenters. The van der Waals surface area contributed by atoms with Gasteiger partial charge in [0.25, 0.3) is 0 Å². The largest absolute Gasteiger partial charge is 0.482 e. The van der Waals surface area contributed by atoms with Crippen molar-refractivity contribution in [3.63, 3.8) is 0 Å². The van der Waals surface area contributed by atoms with Crippen LogP contribution >= 0.6 is 0 Å². The summed E-state index contributed by atoms with van der Waals surface area (Å²) in [5.74, 6) is -0.459. The second-order valence-corrected chi connectivity index (χ2v) is 4.74. The molecular weight excluding hydrogens is 280 g/mol. The molecule has 0 aliphatic rings. The second-order valence-electron chi connectivity index (χ2n) is 4.74. The van der Waals surface area contributed by atoms with Crippen molar-refractivity contribution < 1.29 is 14.6 Å². The van der Waals surface area contributed by atoms with Crippen LogP contribution in [0.2, 0.25) is 0 Å². The Kier molecular flexibility index (Phi) is 3.87. The highest BCUT2D eigenvalue weighted by molar-refractivity contribution is 5.89. The smallest absolute Gasteiger partial charge is 0.341 e. The van der Waals surface area contributed by atoms with Crippen molar-refractivity contribution in [3.05, 3.63) is 59.8 Å². The SMILES string of the molecule is O=C(O)COc1ccc(C=Cc2n[nH]c3ccccc23)cc1. The topological polar surface area (TPSA) is 75.2 Å². The number of nitrogens with one attached hydrogen (secondary N) is 1. The Hall–Kier alpha value is -3.08. The summed E-state index contributed by atoms with van der Waals surface area (Å²) in [7, 11) is 0. The molecule has 0 spiro atoms. The van der Waals surface area contributed by atoms with Gasteiger partial charge in [-0.25, -0.2) is 4.79 Å². The van der Waals surface area contributed by atoms with Crippen LogP contribution in [0.4, 0.5) is 0 Å². The van der Waals surface area contributed by atoms with Crippen molar-refractivity contribution in [2.24, 2.45) is 0 Å². The average Bonchev–Trinajstić information content (AvgIpc) is 2.95. The number of ether oxygens (including phenoxy) is 1. The Balaban J connectivity index is 1.74. The number of carboxylic acids is 1. The van der Waals surface area contributed by atoms with Gasteiger partial charge in [0.2, 0.25) is 0 Å². The number of aromatic amines is 1. The third-order valence-corrected chi connectivity index (χ3v) is 3.18. The molecule has 0 amide bonds. The van der Waals surface area contributed by atoms with Crippen LogP contribution in [-0.2, 0) is 4.79 Å². The molecule has 110 valence electrons. The van der Waals surface area contributed by atoms with Crippen LogP contribution in [0.25, 0.3) is 23.1 Å². The van der Waals surface area contributed by atoms with Crippen molar-refractivity contribution >= 4 is 29.0 Å². The number of nitrogens with zero attached hydrogens (tertiary/aromatic N) is 1. The zero-order chi connectivity index (χ0) is 15.4. The molecule has 0 aliphatic heterocycles. The molecule has 3 aromatic rings. The van der Waals surface area contributed by atoms with E-state index >= 15 is 0 Å². The lowest BCUT2D eigenvalue weighted by Gasteiger charge is -2.02. The number of carboxylic acid groups (broad SMARTS) is 1. The summed E-state index contributed by atoms with van der Waals surface area (Å²) in [6.45, 7) is -0.339. The van der Waals surface area contributed by atoms with Gasteiger partial charge in [-0.1, -0.05) is 36.4 Å². The van der Waals surface area contributed by atoms with Crippen LogP contribution < -0.4 is 4.74 Å². The van der Waals surface area contributed by atoms with Crippen LogP contribution in [-0.4, -0.2) is 27.9 Å². The van der Waals surface area contributed by atoms with E-state index in [4.69, 9.17) is 9.84 Å². The lowest BCUT2D eigenvalue weighted by atomic mass is 10.1. The number of H-pyrrole nitrogens is 1. The lowest BCUT2D eigenvalue weighted by molar-refractivity contribution is -0.139. The fourth-order valence-electron chi connectivity index (χ4n) is 2.11. The maximum absolute atomic E-state index is 10.4. The third-order valence-electron chi connectivity index (χ3n) is 3.18. The van der Waals surface area contributed by atoms with Gasteiger partial charge >= 0.3 is 5.97 Å². The predicted octanol–water partition coefficient (Wildman–Crippen LogP) is 3.20. The highest BCUT2D eigenvalue weighted by atomic mass is 16.5. The van der Waals surface area contributed by atoms with Crippen molar-refractivity contribution in [2.45, 2.75) is 0 Å². The summed E-state index contributed by atoms with van der Waals surface area (Å²) < 4.78 is 5.09. The van der Waals surface area contributed by atoms with E-state index in [0.29, 0.717) is 5.75 Å². The third kappa shape index (κ3) is 3.15. The maximum Gasteiger partial charge on any atom is 0.341 e. The number of aliphatic carboxylic acids is 1. The van der Waals surface area contributed by atoms with E-state index in [1.54, 1.807) is 12.1 Å². The van der Waals surface area contributed by atoms with E-state index in [1.165, 1.54) is 0 Å². The molecule has 0 atom stereocenters. The molecule has 2 aromatic carbocycles. The molecule has 0 radical (unpaired) electrons. The number of rotatable bonds is 5. The summed E-state index contributed by atoms with van der Waals surface area (Å²) in [4.78, 5) is 10.4. The minimum Gasteiger partial charge on any atom is -0.482 e.